The highest BCUT2D eigenvalue weighted by Gasteiger charge is 2.11. The van der Waals surface area contributed by atoms with Crippen molar-refractivity contribution in [3.8, 4) is 17.3 Å². The average Bonchev–Trinajstić information content (AvgIpc) is 2.66. The summed E-state index contributed by atoms with van der Waals surface area (Å²) in [6.07, 6.45) is 0. The highest BCUT2D eigenvalue weighted by atomic mass is 35.5. The number of nitrogens with one attached hydrogen (secondary N) is 1. The van der Waals surface area contributed by atoms with Crippen LogP contribution >= 0.6 is 11.6 Å². The molecule has 2 aromatic rings. The zero-order valence-corrected chi connectivity index (χ0v) is 7.78. The van der Waals surface area contributed by atoms with Crippen LogP contribution in [-0.2, 0) is 0 Å². The molecule has 1 heterocycles. The summed E-state index contributed by atoms with van der Waals surface area (Å²) in [4.78, 5) is 0. The number of H-pyrrole nitrogens is 1. The van der Waals surface area contributed by atoms with Crippen molar-refractivity contribution in [3.05, 3.63) is 35.0 Å². The fraction of sp³-hybridized carbons (Fsp3) is 0. The second-order valence-electron chi connectivity index (χ2n) is 2.61. The lowest BCUT2D eigenvalue weighted by Crippen LogP contribution is -1.83. The highest BCUT2D eigenvalue weighted by Crippen LogP contribution is 2.26. The van der Waals surface area contributed by atoms with Gasteiger partial charge in [-0.05, 0) is 6.07 Å². The number of nitriles is 1. The molecule has 1 aromatic carbocycles. The summed E-state index contributed by atoms with van der Waals surface area (Å²) in [6.45, 7) is 0. The van der Waals surface area contributed by atoms with Crippen molar-refractivity contribution in [2.75, 3.05) is 0 Å². The Balaban J connectivity index is 2.62. The van der Waals surface area contributed by atoms with Gasteiger partial charge in [-0.15, -0.1) is 5.10 Å². The lowest BCUT2D eigenvalue weighted by molar-refractivity contribution is 0.937. The first-order valence-electron chi connectivity index (χ1n) is 3.88. The van der Waals surface area contributed by atoms with Crippen molar-refractivity contribution >= 4 is 11.6 Å². The standard InChI is InChI=1S/C9H5ClN4/c10-7-4-2-1-3-6(7)9-8(5-11)12-14-13-9/h1-4H,(H,12,13,14). The molecule has 0 aliphatic heterocycles. The van der Waals surface area contributed by atoms with E-state index in [9.17, 15) is 0 Å². The SMILES string of the molecule is N#Cc1n[nH]nc1-c1ccccc1Cl. The molecule has 4 nitrogen and oxygen atoms in total. The molecule has 68 valence electrons. The highest BCUT2D eigenvalue weighted by molar-refractivity contribution is 6.33. The van der Waals surface area contributed by atoms with Crippen molar-refractivity contribution in [3.63, 3.8) is 0 Å². The van der Waals surface area contributed by atoms with Gasteiger partial charge in [0.15, 0.2) is 5.69 Å². The second-order valence-corrected chi connectivity index (χ2v) is 3.02. The van der Waals surface area contributed by atoms with Crippen LogP contribution in [0.15, 0.2) is 24.3 Å². The maximum absolute atomic E-state index is 8.74. The van der Waals surface area contributed by atoms with Crippen LogP contribution in [0.2, 0.25) is 5.02 Å². The summed E-state index contributed by atoms with van der Waals surface area (Å²) in [5, 5.41) is 19.3. The molecule has 0 spiro atoms. The number of aromatic amines is 1. The third-order valence-electron chi connectivity index (χ3n) is 1.78. The molecule has 0 saturated heterocycles. The van der Waals surface area contributed by atoms with Gasteiger partial charge in [-0.2, -0.15) is 15.6 Å². The van der Waals surface area contributed by atoms with Gasteiger partial charge in [-0.3, -0.25) is 0 Å². The first kappa shape index (κ1) is 8.73. The molecule has 0 saturated carbocycles. The monoisotopic (exact) mass is 204 g/mol. The first-order valence-corrected chi connectivity index (χ1v) is 4.26. The third kappa shape index (κ3) is 1.34. The zero-order valence-electron chi connectivity index (χ0n) is 7.03. The number of rotatable bonds is 1. The van der Waals surface area contributed by atoms with Crippen molar-refractivity contribution in [2.45, 2.75) is 0 Å². The Morgan fingerprint density at radius 3 is 2.79 bits per heavy atom. The Kier molecular flexibility index (Phi) is 2.17. The summed E-state index contributed by atoms with van der Waals surface area (Å²) >= 11 is 5.95. The smallest absolute Gasteiger partial charge is 0.190 e. The molecule has 0 radical (unpaired) electrons. The van der Waals surface area contributed by atoms with E-state index in [0.717, 1.165) is 0 Å². The fourth-order valence-electron chi connectivity index (χ4n) is 1.15. The molecule has 1 N–H and O–H groups in total. The van der Waals surface area contributed by atoms with Crippen LogP contribution in [0.4, 0.5) is 0 Å². The Labute approximate surface area is 85.1 Å². The molecule has 0 aliphatic rings. The van der Waals surface area contributed by atoms with Gasteiger partial charge < -0.3 is 0 Å². The van der Waals surface area contributed by atoms with Crippen LogP contribution in [0.3, 0.4) is 0 Å². The van der Waals surface area contributed by atoms with Gasteiger partial charge >= 0.3 is 0 Å². The van der Waals surface area contributed by atoms with Crippen molar-refractivity contribution < 1.29 is 0 Å². The molecular weight excluding hydrogens is 200 g/mol. The van der Waals surface area contributed by atoms with Crippen molar-refractivity contribution in [2.24, 2.45) is 0 Å². The van der Waals surface area contributed by atoms with E-state index in [0.29, 0.717) is 16.3 Å². The predicted octanol–water partition coefficient (Wildman–Crippen LogP) is 2.00. The Hall–Kier alpha value is -1.86. The van der Waals surface area contributed by atoms with E-state index < -0.39 is 0 Å². The Morgan fingerprint density at radius 2 is 2.07 bits per heavy atom. The van der Waals surface area contributed by atoms with E-state index in [4.69, 9.17) is 16.9 Å². The molecule has 0 atom stereocenters. The lowest BCUT2D eigenvalue weighted by Gasteiger charge is -1.98. The van der Waals surface area contributed by atoms with Crippen LogP contribution < -0.4 is 0 Å². The van der Waals surface area contributed by atoms with E-state index >= 15 is 0 Å². The van der Waals surface area contributed by atoms with Crippen LogP contribution in [0.25, 0.3) is 11.3 Å². The number of aromatic nitrogens is 3. The average molecular weight is 205 g/mol. The minimum Gasteiger partial charge on any atom is -0.196 e. The molecule has 0 amide bonds. The maximum atomic E-state index is 8.74. The molecular formula is C9H5ClN4. The molecule has 5 heteroatoms. The Bertz CT molecular complexity index is 498. The van der Waals surface area contributed by atoms with Gasteiger partial charge in [0.25, 0.3) is 0 Å². The molecule has 0 unspecified atom stereocenters. The lowest BCUT2D eigenvalue weighted by atomic mass is 10.1. The minimum atomic E-state index is 0.248. The number of halogens is 1. The molecule has 0 aliphatic carbocycles. The molecule has 0 fully saturated rings. The largest absolute Gasteiger partial charge is 0.196 e. The van der Waals surface area contributed by atoms with Crippen LogP contribution in [0.5, 0.6) is 0 Å². The number of hydrogen-bond acceptors (Lipinski definition) is 3. The van der Waals surface area contributed by atoms with Gasteiger partial charge in [-0.1, -0.05) is 29.8 Å². The number of hydrogen-bond donors (Lipinski definition) is 1. The van der Waals surface area contributed by atoms with Crippen LogP contribution in [-0.4, -0.2) is 15.4 Å². The number of nitrogens with zero attached hydrogens (tertiary/aromatic N) is 3. The topological polar surface area (TPSA) is 65.4 Å². The van der Waals surface area contributed by atoms with E-state index in [-0.39, 0.29) is 5.69 Å². The van der Waals surface area contributed by atoms with Gasteiger partial charge in [0.05, 0.1) is 5.02 Å². The van der Waals surface area contributed by atoms with Gasteiger partial charge in [0, 0.05) is 5.56 Å². The van der Waals surface area contributed by atoms with E-state index in [1.54, 1.807) is 12.1 Å². The quantitative estimate of drug-likeness (QED) is 0.773. The van der Waals surface area contributed by atoms with Crippen LogP contribution in [0.1, 0.15) is 5.69 Å². The van der Waals surface area contributed by atoms with E-state index in [1.807, 2.05) is 18.2 Å². The summed E-state index contributed by atoms with van der Waals surface area (Å²) in [7, 11) is 0. The molecule has 0 bridgehead atoms. The van der Waals surface area contributed by atoms with Gasteiger partial charge in [-0.25, -0.2) is 0 Å². The molecule has 2 rings (SSSR count). The summed E-state index contributed by atoms with van der Waals surface area (Å²) in [5.74, 6) is 0. The summed E-state index contributed by atoms with van der Waals surface area (Å²) in [6, 6.07) is 9.12. The first-order chi connectivity index (χ1) is 6.83. The van der Waals surface area contributed by atoms with E-state index in [2.05, 4.69) is 15.4 Å². The van der Waals surface area contributed by atoms with Crippen molar-refractivity contribution in [1.82, 2.24) is 15.4 Å². The third-order valence-corrected chi connectivity index (χ3v) is 2.11. The number of benzene rings is 1. The van der Waals surface area contributed by atoms with Gasteiger partial charge in [0.2, 0.25) is 0 Å². The van der Waals surface area contributed by atoms with Crippen molar-refractivity contribution in [1.29, 1.82) is 5.26 Å². The fourth-order valence-corrected chi connectivity index (χ4v) is 1.38. The normalized spacial score (nSPS) is 9.71. The van der Waals surface area contributed by atoms with Gasteiger partial charge in [0.1, 0.15) is 11.8 Å². The molecule has 1 aromatic heterocycles. The Morgan fingerprint density at radius 1 is 1.29 bits per heavy atom. The maximum Gasteiger partial charge on any atom is 0.190 e. The zero-order chi connectivity index (χ0) is 9.97. The minimum absolute atomic E-state index is 0.248. The predicted molar refractivity (Wildman–Crippen MR) is 51.5 cm³/mol. The van der Waals surface area contributed by atoms with Crippen LogP contribution in [0, 0.1) is 11.3 Å². The van der Waals surface area contributed by atoms with E-state index in [1.165, 1.54) is 0 Å². The molecule has 14 heavy (non-hydrogen) atoms. The summed E-state index contributed by atoms with van der Waals surface area (Å²) in [5.41, 5.74) is 1.44. The summed E-state index contributed by atoms with van der Waals surface area (Å²) < 4.78 is 0. The second kappa shape index (κ2) is 3.48.